The van der Waals surface area contributed by atoms with Gasteiger partial charge in [-0.05, 0) is 25.1 Å². The van der Waals surface area contributed by atoms with Gasteiger partial charge in [-0.25, -0.2) is 9.37 Å². The molecule has 34 heavy (non-hydrogen) atoms. The molecule has 2 aromatic carbocycles. The van der Waals surface area contributed by atoms with Gasteiger partial charge in [0.05, 0.1) is 34.8 Å². The van der Waals surface area contributed by atoms with Gasteiger partial charge in [-0.2, -0.15) is 15.2 Å². The van der Waals surface area contributed by atoms with Crippen molar-refractivity contribution < 1.29 is 9.13 Å². The molecule has 1 unspecified atom stereocenters. The standard InChI is InChI=1S/C22H18ClFN8O2/c1-10(28-19-14(9-25)18(26)30-22(27)31-19)20-29-16-5-3-4-15(23)17(16)21(33)32(20)12-6-11(24)7-13(8-12)34-2/h3-8,10H,1-2H3,(H5,26,27,28,30,31). The molecule has 1 atom stereocenters. The molecule has 0 aliphatic rings. The number of benzene rings is 2. The molecule has 12 heteroatoms. The summed E-state index contributed by atoms with van der Waals surface area (Å²) in [5, 5.41) is 12.8. The summed E-state index contributed by atoms with van der Waals surface area (Å²) < 4.78 is 20.7. The molecule has 4 aromatic rings. The SMILES string of the molecule is COc1cc(F)cc(-n2c(C(C)Nc3nc(N)nc(N)c3C#N)nc3cccc(Cl)c3c2=O)c1. The van der Waals surface area contributed by atoms with E-state index in [1.807, 2.05) is 6.07 Å². The summed E-state index contributed by atoms with van der Waals surface area (Å²) >= 11 is 6.30. The lowest BCUT2D eigenvalue weighted by Crippen LogP contribution is -2.28. The second-order valence-corrected chi connectivity index (χ2v) is 7.67. The highest BCUT2D eigenvalue weighted by atomic mass is 35.5. The van der Waals surface area contributed by atoms with Gasteiger partial charge in [-0.1, -0.05) is 17.7 Å². The summed E-state index contributed by atoms with van der Waals surface area (Å²) in [6, 6.07) is 9.91. The van der Waals surface area contributed by atoms with Gasteiger partial charge in [0.25, 0.3) is 5.56 Å². The summed E-state index contributed by atoms with van der Waals surface area (Å²) in [4.78, 5) is 26.1. The zero-order valence-electron chi connectivity index (χ0n) is 18.0. The Balaban J connectivity index is 1.98. The van der Waals surface area contributed by atoms with E-state index in [-0.39, 0.29) is 50.8 Å². The smallest absolute Gasteiger partial charge is 0.267 e. The fraction of sp³-hybridized carbons (Fsp3) is 0.136. The number of methoxy groups -OCH3 is 1. The molecule has 0 aliphatic heterocycles. The largest absolute Gasteiger partial charge is 0.497 e. The molecule has 0 bridgehead atoms. The second-order valence-electron chi connectivity index (χ2n) is 7.26. The topological polar surface area (TPSA) is 158 Å². The van der Waals surface area contributed by atoms with Crippen LogP contribution in [0.5, 0.6) is 5.75 Å². The minimum absolute atomic E-state index is 0.0220. The molecule has 0 saturated heterocycles. The number of halogens is 2. The number of anilines is 3. The number of nitriles is 1. The lowest BCUT2D eigenvalue weighted by Gasteiger charge is -2.21. The monoisotopic (exact) mass is 480 g/mol. The lowest BCUT2D eigenvalue weighted by atomic mass is 10.2. The summed E-state index contributed by atoms with van der Waals surface area (Å²) in [6.45, 7) is 1.68. The van der Waals surface area contributed by atoms with Gasteiger partial charge < -0.3 is 21.5 Å². The number of rotatable bonds is 5. The Morgan fingerprint density at radius 1 is 1.24 bits per heavy atom. The van der Waals surface area contributed by atoms with Crippen LogP contribution in [0.15, 0.2) is 41.2 Å². The van der Waals surface area contributed by atoms with Crippen molar-refractivity contribution >= 4 is 40.1 Å². The highest BCUT2D eigenvalue weighted by molar-refractivity contribution is 6.35. The average molecular weight is 481 g/mol. The Labute approximate surface area is 197 Å². The predicted octanol–water partition coefficient (Wildman–Crippen LogP) is 3.19. The molecule has 0 amide bonds. The maximum absolute atomic E-state index is 14.4. The summed E-state index contributed by atoms with van der Waals surface area (Å²) in [5.41, 5.74) is 11.4. The molecule has 0 aliphatic carbocycles. The molecule has 172 valence electrons. The van der Waals surface area contributed by atoms with Gasteiger partial charge in [-0.3, -0.25) is 9.36 Å². The van der Waals surface area contributed by atoms with Gasteiger partial charge in [0.2, 0.25) is 5.95 Å². The minimum atomic E-state index is -0.730. The predicted molar refractivity (Wildman–Crippen MR) is 126 cm³/mol. The first-order valence-corrected chi connectivity index (χ1v) is 10.3. The molecule has 2 aromatic heterocycles. The van der Waals surface area contributed by atoms with Gasteiger partial charge >= 0.3 is 0 Å². The van der Waals surface area contributed by atoms with E-state index in [1.165, 1.54) is 29.9 Å². The van der Waals surface area contributed by atoms with Crippen LogP contribution in [-0.2, 0) is 0 Å². The first-order chi connectivity index (χ1) is 16.2. The van der Waals surface area contributed by atoms with Crippen molar-refractivity contribution in [2.24, 2.45) is 0 Å². The number of nitrogens with two attached hydrogens (primary N) is 2. The molecular formula is C22H18ClFN8O2. The summed E-state index contributed by atoms with van der Waals surface area (Å²) in [6.07, 6.45) is 0. The van der Waals surface area contributed by atoms with Gasteiger partial charge in [-0.15, -0.1) is 0 Å². The third-order valence-corrected chi connectivity index (χ3v) is 5.34. The van der Waals surface area contributed by atoms with E-state index in [0.717, 1.165) is 0 Å². The van der Waals surface area contributed by atoms with Crippen molar-refractivity contribution in [3.8, 4) is 17.5 Å². The van der Waals surface area contributed by atoms with E-state index in [1.54, 1.807) is 25.1 Å². The fourth-order valence-electron chi connectivity index (χ4n) is 3.52. The maximum atomic E-state index is 14.4. The van der Waals surface area contributed by atoms with Crippen molar-refractivity contribution in [3.63, 3.8) is 0 Å². The maximum Gasteiger partial charge on any atom is 0.267 e. The minimum Gasteiger partial charge on any atom is -0.497 e. The van der Waals surface area contributed by atoms with Crippen molar-refractivity contribution in [2.45, 2.75) is 13.0 Å². The fourth-order valence-corrected chi connectivity index (χ4v) is 3.77. The Morgan fingerprint density at radius 2 is 2.00 bits per heavy atom. The normalized spacial score (nSPS) is 11.7. The Hall–Kier alpha value is -4.43. The van der Waals surface area contributed by atoms with Crippen LogP contribution in [-0.4, -0.2) is 26.6 Å². The van der Waals surface area contributed by atoms with E-state index in [4.69, 9.17) is 27.8 Å². The van der Waals surface area contributed by atoms with E-state index in [2.05, 4.69) is 20.3 Å². The van der Waals surface area contributed by atoms with E-state index < -0.39 is 17.4 Å². The molecule has 5 N–H and O–H groups in total. The van der Waals surface area contributed by atoms with Crippen LogP contribution in [0.1, 0.15) is 24.4 Å². The summed E-state index contributed by atoms with van der Waals surface area (Å²) in [5.74, 6) is -0.409. The number of fused-ring (bicyclic) bond motifs is 1. The lowest BCUT2D eigenvalue weighted by molar-refractivity contribution is 0.411. The molecule has 10 nitrogen and oxygen atoms in total. The first kappa shape index (κ1) is 22.8. The van der Waals surface area contributed by atoms with Gasteiger partial charge in [0.15, 0.2) is 5.82 Å². The third kappa shape index (κ3) is 4.02. The number of aromatic nitrogens is 4. The van der Waals surface area contributed by atoms with Crippen molar-refractivity contribution in [2.75, 3.05) is 23.9 Å². The molecular weight excluding hydrogens is 463 g/mol. The summed E-state index contributed by atoms with van der Waals surface area (Å²) in [7, 11) is 1.38. The quantitative estimate of drug-likeness (QED) is 0.390. The number of hydrogen-bond acceptors (Lipinski definition) is 9. The van der Waals surface area contributed by atoms with E-state index in [9.17, 15) is 14.4 Å². The number of ether oxygens (including phenoxy) is 1. The number of nitrogens with zero attached hydrogens (tertiary/aromatic N) is 5. The average Bonchev–Trinajstić information content (AvgIpc) is 2.78. The Kier molecular flexibility index (Phi) is 5.91. The van der Waals surface area contributed by atoms with Crippen LogP contribution in [0.4, 0.5) is 22.0 Å². The molecule has 0 saturated carbocycles. The number of nitrogen functional groups attached to an aromatic ring is 2. The van der Waals surface area contributed by atoms with E-state index >= 15 is 0 Å². The Bertz CT molecular complexity index is 1530. The number of hydrogen-bond donors (Lipinski definition) is 3. The van der Waals surface area contributed by atoms with Crippen LogP contribution in [0.2, 0.25) is 5.02 Å². The molecule has 0 spiro atoms. The van der Waals surface area contributed by atoms with Crippen molar-refractivity contribution in [1.82, 2.24) is 19.5 Å². The highest BCUT2D eigenvalue weighted by Crippen LogP contribution is 2.28. The van der Waals surface area contributed by atoms with Gasteiger partial charge in [0.1, 0.15) is 34.8 Å². The zero-order valence-corrected chi connectivity index (χ0v) is 18.8. The first-order valence-electron chi connectivity index (χ1n) is 9.89. The van der Waals surface area contributed by atoms with Gasteiger partial charge in [0, 0.05) is 12.1 Å². The van der Waals surface area contributed by atoms with Crippen LogP contribution in [0.25, 0.3) is 16.6 Å². The third-order valence-electron chi connectivity index (χ3n) is 5.03. The van der Waals surface area contributed by atoms with Crippen LogP contribution in [0.3, 0.4) is 0 Å². The van der Waals surface area contributed by atoms with Crippen LogP contribution in [0, 0.1) is 17.1 Å². The zero-order chi connectivity index (χ0) is 24.6. The van der Waals surface area contributed by atoms with Crippen LogP contribution < -0.4 is 27.1 Å². The molecule has 0 radical (unpaired) electrons. The Morgan fingerprint density at radius 3 is 2.71 bits per heavy atom. The van der Waals surface area contributed by atoms with Crippen LogP contribution >= 0.6 is 11.6 Å². The van der Waals surface area contributed by atoms with Crippen molar-refractivity contribution in [1.29, 1.82) is 5.26 Å². The molecule has 0 fully saturated rings. The highest BCUT2D eigenvalue weighted by Gasteiger charge is 2.22. The van der Waals surface area contributed by atoms with E-state index in [0.29, 0.717) is 5.52 Å². The molecule has 2 heterocycles. The number of nitrogens with one attached hydrogen (secondary N) is 1. The molecule has 4 rings (SSSR count). The second kappa shape index (κ2) is 8.84. The van der Waals surface area contributed by atoms with Crippen molar-refractivity contribution in [3.05, 3.63) is 69.0 Å².